The van der Waals surface area contributed by atoms with Gasteiger partial charge in [0.05, 0.1) is 0 Å². The Morgan fingerprint density at radius 1 is 1.62 bits per heavy atom. The van der Waals surface area contributed by atoms with Crippen LogP contribution >= 0.6 is 0 Å². The lowest BCUT2D eigenvalue weighted by Crippen LogP contribution is -2.44. The molecule has 3 N–H and O–H groups in total. The van der Waals surface area contributed by atoms with Gasteiger partial charge in [-0.1, -0.05) is 0 Å². The molecule has 5 heteroatoms. The number of rotatable bonds is 4. The summed E-state index contributed by atoms with van der Waals surface area (Å²) in [7, 11) is 0. The molecule has 1 unspecified atom stereocenters. The molecule has 0 aliphatic heterocycles. The van der Waals surface area contributed by atoms with E-state index in [9.17, 15) is 9.59 Å². The number of carbonyl (C=O) groups excluding carboxylic acids is 1. The lowest BCUT2D eigenvalue weighted by Gasteiger charge is -2.09. The van der Waals surface area contributed by atoms with Crippen molar-refractivity contribution in [2.75, 3.05) is 6.54 Å². The van der Waals surface area contributed by atoms with Gasteiger partial charge in [-0.15, -0.1) is 12.3 Å². The summed E-state index contributed by atoms with van der Waals surface area (Å²) in [5, 5.41) is 13.1. The van der Waals surface area contributed by atoms with Crippen LogP contribution in [0.1, 0.15) is 13.3 Å². The molecule has 0 aliphatic rings. The Kier molecular flexibility index (Phi) is 5.12. The van der Waals surface area contributed by atoms with E-state index < -0.39 is 18.0 Å². The van der Waals surface area contributed by atoms with Gasteiger partial charge in [-0.3, -0.25) is 4.79 Å². The van der Waals surface area contributed by atoms with Crippen LogP contribution in [0, 0.1) is 12.3 Å². The van der Waals surface area contributed by atoms with Crippen LogP contribution < -0.4 is 10.6 Å². The maximum absolute atomic E-state index is 10.9. The molecule has 0 bridgehead atoms. The van der Waals surface area contributed by atoms with Crippen LogP contribution in [-0.4, -0.2) is 29.7 Å². The van der Waals surface area contributed by atoms with Gasteiger partial charge in [0.25, 0.3) is 0 Å². The molecule has 0 aliphatic carbocycles. The van der Waals surface area contributed by atoms with Crippen molar-refractivity contribution in [2.45, 2.75) is 19.4 Å². The van der Waals surface area contributed by atoms with Crippen molar-refractivity contribution in [3.8, 4) is 12.3 Å². The molecule has 0 rings (SSSR count). The second-order valence-electron chi connectivity index (χ2n) is 2.41. The predicted octanol–water partition coefficient (Wildman–Crippen LogP) is -0.218. The van der Waals surface area contributed by atoms with Crippen molar-refractivity contribution in [2.24, 2.45) is 0 Å². The Balaban J connectivity index is 3.63. The summed E-state index contributed by atoms with van der Waals surface area (Å²) in [5.74, 6) is 1.26. The largest absolute Gasteiger partial charge is 0.480 e. The van der Waals surface area contributed by atoms with E-state index in [-0.39, 0.29) is 0 Å². The number of carboxylic acids is 1. The first-order chi connectivity index (χ1) is 6.07. The van der Waals surface area contributed by atoms with Gasteiger partial charge in [-0.2, -0.15) is 0 Å². The van der Waals surface area contributed by atoms with Crippen LogP contribution in [0.2, 0.25) is 0 Å². The Labute approximate surface area is 76.5 Å². The van der Waals surface area contributed by atoms with Crippen LogP contribution in [0.15, 0.2) is 0 Å². The van der Waals surface area contributed by atoms with Crippen LogP contribution in [0.5, 0.6) is 0 Å². The fourth-order valence-electron chi connectivity index (χ4n) is 0.558. The number of urea groups is 1. The molecule has 0 aromatic heterocycles. The Bertz CT molecular complexity index is 232. The zero-order valence-electron chi connectivity index (χ0n) is 7.33. The Hall–Kier alpha value is -1.70. The van der Waals surface area contributed by atoms with Crippen molar-refractivity contribution >= 4 is 12.0 Å². The van der Waals surface area contributed by atoms with Gasteiger partial charge in [0.2, 0.25) is 0 Å². The van der Waals surface area contributed by atoms with E-state index in [0.29, 0.717) is 13.0 Å². The van der Waals surface area contributed by atoms with Crippen molar-refractivity contribution in [1.29, 1.82) is 0 Å². The number of amides is 2. The molecule has 0 saturated heterocycles. The van der Waals surface area contributed by atoms with E-state index in [1.165, 1.54) is 6.92 Å². The van der Waals surface area contributed by atoms with E-state index in [1.54, 1.807) is 0 Å². The van der Waals surface area contributed by atoms with Crippen molar-refractivity contribution in [1.82, 2.24) is 10.6 Å². The summed E-state index contributed by atoms with van der Waals surface area (Å²) < 4.78 is 0. The highest BCUT2D eigenvalue weighted by molar-refractivity contribution is 5.82. The highest BCUT2D eigenvalue weighted by Crippen LogP contribution is 1.80. The third kappa shape index (κ3) is 5.56. The number of nitrogens with one attached hydrogen (secondary N) is 2. The van der Waals surface area contributed by atoms with Gasteiger partial charge in [0.1, 0.15) is 6.04 Å². The van der Waals surface area contributed by atoms with Gasteiger partial charge >= 0.3 is 12.0 Å². The SMILES string of the molecule is C#CCCNC(=O)NC(C)C(=O)O. The second-order valence-corrected chi connectivity index (χ2v) is 2.41. The van der Waals surface area contributed by atoms with Gasteiger partial charge < -0.3 is 15.7 Å². The minimum atomic E-state index is -1.08. The number of carbonyl (C=O) groups is 2. The number of aliphatic carboxylic acids is 1. The minimum absolute atomic E-state index is 0.342. The van der Waals surface area contributed by atoms with E-state index in [4.69, 9.17) is 11.5 Å². The number of terminal acetylenes is 1. The molecular formula is C8H12N2O3. The lowest BCUT2D eigenvalue weighted by molar-refractivity contribution is -0.138. The van der Waals surface area contributed by atoms with Crippen LogP contribution in [-0.2, 0) is 4.79 Å². The maximum atomic E-state index is 10.9. The molecule has 0 aromatic carbocycles. The molecule has 0 saturated carbocycles. The maximum Gasteiger partial charge on any atom is 0.325 e. The molecule has 0 fully saturated rings. The summed E-state index contributed by atoms with van der Waals surface area (Å²) in [4.78, 5) is 21.2. The molecule has 0 radical (unpaired) electrons. The molecule has 0 aromatic rings. The lowest BCUT2D eigenvalue weighted by atomic mass is 10.3. The average Bonchev–Trinajstić information content (AvgIpc) is 2.04. The van der Waals surface area contributed by atoms with Crippen molar-refractivity contribution < 1.29 is 14.7 Å². The molecule has 72 valence electrons. The van der Waals surface area contributed by atoms with Crippen molar-refractivity contribution in [3.05, 3.63) is 0 Å². The molecule has 13 heavy (non-hydrogen) atoms. The standard InChI is InChI=1S/C8H12N2O3/c1-3-4-5-9-8(13)10-6(2)7(11)12/h1,6H,4-5H2,2H3,(H,11,12)(H2,9,10,13). The van der Waals surface area contributed by atoms with E-state index >= 15 is 0 Å². The molecule has 0 heterocycles. The molecule has 0 spiro atoms. The number of hydrogen-bond donors (Lipinski definition) is 3. The zero-order valence-corrected chi connectivity index (χ0v) is 7.33. The van der Waals surface area contributed by atoms with Crippen LogP contribution in [0.4, 0.5) is 4.79 Å². The number of carboxylic acid groups (broad SMARTS) is 1. The summed E-state index contributed by atoms with van der Waals surface area (Å²) >= 11 is 0. The Morgan fingerprint density at radius 2 is 2.23 bits per heavy atom. The van der Waals surface area contributed by atoms with Gasteiger partial charge in [-0.25, -0.2) is 4.79 Å². The third-order valence-electron chi connectivity index (χ3n) is 1.27. The summed E-state index contributed by atoms with van der Waals surface area (Å²) in [6.07, 6.45) is 5.37. The first-order valence-corrected chi connectivity index (χ1v) is 3.78. The normalized spacial score (nSPS) is 11.1. The molecule has 1 atom stereocenters. The predicted molar refractivity (Wildman–Crippen MR) is 47.1 cm³/mol. The first-order valence-electron chi connectivity index (χ1n) is 3.78. The van der Waals surface area contributed by atoms with Gasteiger partial charge in [-0.05, 0) is 6.92 Å². The quantitative estimate of drug-likeness (QED) is 0.417. The molecule has 5 nitrogen and oxygen atoms in total. The minimum Gasteiger partial charge on any atom is -0.480 e. The molecular weight excluding hydrogens is 172 g/mol. The van der Waals surface area contributed by atoms with E-state index in [1.807, 2.05) is 0 Å². The van der Waals surface area contributed by atoms with Crippen LogP contribution in [0.3, 0.4) is 0 Å². The highest BCUT2D eigenvalue weighted by Gasteiger charge is 2.12. The third-order valence-corrected chi connectivity index (χ3v) is 1.27. The second kappa shape index (κ2) is 5.89. The van der Waals surface area contributed by atoms with Gasteiger partial charge in [0, 0.05) is 13.0 Å². The smallest absolute Gasteiger partial charge is 0.325 e. The fourth-order valence-corrected chi connectivity index (χ4v) is 0.558. The van der Waals surface area contributed by atoms with Crippen molar-refractivity contribution in [3.63, 3.8) is 0 Å². The fraction of sp³-hybridized carbons (Fsp3) is 0.500. The summed E-state index contributed by atoms with van der Waals surface area (Å²) in [6, 6.07) is -1.42. The topological polar surface area (TPSA) is 78.4 Å². The summed E-state index contributed by atoms with van der Waals surface area (Å²) in [5.41, 5.74) is 0. The zero-order chi connectivity index (χ0) is 10.3. The van der Waals surface area contributed by atoms with E-state index in [2.05, 4.69) is 16.6 Å². The number of hydrogen-bond acceptors (Lipinski definition) is 2. The monoisotopic (exact) mass is 184 g/mol. The highest BCUT2D eigenvalue weighted by atomic mass is 16.4. The average molecular weight is 184 g/mol. The van der Waals surface area contributed by atoms with E-state index in [0.717, 1.165) is 0 Å². The van der Waals surface area contributed by atoms with Crippen LogP contribution in [0.25, 0.3) is 0 Å². The molecule has 2 amide bonds. The Morgan fingerprint density at radius 3 is 2.69 bits per heavy atom. The summed E-state index contributed by atoms with van der Waals surface area (Å²) in [6.45, 7) is 1.72. The first kappa shape index (κ1) is 11.3. The van der Waals surface area contributed by atoms with Gasteiger partial charge in [0.15, 0.2) is 0 Å².